The lowest BCUT2D eigenvalue weighted by molar-refractivity contribution is -0.137. The quantitative estimate of drug-likeness (QED) is 0.732. The Labute approximate surface area is 103 Å². The van der Waals surface area contributed by atoms with Crippen LogP contribution in [0.3, 0.4) is 0 Å². The number of hydrogen-bond donors (Lipinski definition) is 0. The Hall–Kier alpha value is -1.84. The summed E-state index contributed by atoms with van der Waals surface area (Å²) in [6.07, 6.45) is -3.47. The normalized spacial score (nSPS) is 11.6. The third-order valence-corrected chi connectivity index (χ3v) is 2.76. The van der Waals surface area contributed by atoms with Crippen LogP contribution in [-0.4, -0.2) is 4.98 Å². The van der Waals surface area contributed by atoms with E-state index in [4.69, 9.17) is 0 Å². The summed E-state index contributed by atoms with van der Waals surface area (Å²) < 4.78 is 37.3. The van der Waals surface area contributed by atoms with Gasteiger partial charge in [0.25, 0.3) is 0 Å². The molecule has 94 valence electrons. The van der Waals surface area contributed by atoms with Crippen molar-refractivity contribution in [3.8, 4) is 11.3 Å². The first-order valence-electron chi connectivity index (χ1n) is 5.49. The van der Waals surface area contributed by atoms with Gasteiger partial charge in [-0.2, -0.15) is 13.2 Å². The van der Waals surface area contributed by atoms with Gasteiger partial charge < -0.3 is 0 Å². The predicted octanol–water partition coefficient (Wildman–Crippen LogP) is 4.38. The highest BCUT2D eigenvalue weighted by Crippen LogP contribution is 2.30. The molecule has 0 fully saturated rings. The molecule has 2 aromatic rings. The lowest BCUT2D eigenvalue weighted by Gasteiger charge is -2.09. The fourth-order valence-electron chi connectivity index (χ4n) is 1.73. The van der Waals surface area contributed by atoms with Crippen LogP contribution >= 0.6 is 0 Å². The zero-order valence-electron chi connectivity index (χ0n) is 10.0. The van der Waals surface area contributed by atoms with E-state index < -0.39 is 11.7 Å². The minimum atomic E-state index is -4.34. The van der Waals surface area contributed by atoms with Gasteiger partial charge in [-0.25, -0.2) is 0 Å². The Morgan fingerprint density at radius 1 is 1.00 bits per heavy atom. The molecule has 0 radical (unpaired) electrons. The van der Waals surface area contributed by atoms with Crippen molar-refractivity contribution in [1.29, 1.82) is 0 Å². The first-order valence-corrected chi connectivity index (χ1v) is 5.49. The highest BCUT2D eigenvalue weighted by atomic mass is 19.4. The molecule has 1 heterocycles. The summed E-state index contributed by atoms with van der Waals surface area (Å²) in [4.78, 5) is 3.90. The predicted molar refractivity (Wildman–Crippen MR) is 64.1 cm³/mol. The molecule has 0 spiro atoms. The van der Waals surface area contributed by atoms with Gasteiger partial charge in [-0.3, -0.25) is 4.98 Å². The second-order valence-corrected chi connectivity index (χ2v) is 4.25. The molecule has 0 aliphatic heterocycles. The van der Waals surface area contributed by atoms with E-state index in [0.29, 0.717) is 5.69 Å². The summed E-state index contributed by atoms with van der Waals surface area (Å²) in [6, 6.07) is 8.28. The fraction of sp³-hybridized carbons (Fsp3) is 0.214. The van der Waals surface area contributed by atoms with Crippen LogP contribution in [0.5, 0.6) is 0 Å². The molecule has 0 amide bonds. The number of rotatable bonds is 1. The molecule has 0 bridgehead atoms. The van der Waals surface area contributed by atoms with Gasteiger partial charge in [0, 0.05) is 11.8 Å². The molecule has 4 heteroatoms. The number of aromatic nitrogens is 1. The molecule has 0 aliphatic rings. The van der Waals surface area contributed by atoms with Crippen LogP contribution in [0, 0.1) is 13.8 Å². The van der Waals surface area contributed by atoms with E-state index in [9.17, 15) is 13.2 Å². The van der Waals surface area contributed by atoms with Crippen LogP contribution in [0.4, 0.5) is 13.2 Å². The molecular weight excluding hydrogens is 239 g/mol. The minimum absolute atomic E-state index is 0.559. The summed E-state index contributed by atoms with van der Waals surface area (Å²) in [7, 11) is 0. The number of halogens is 3. The smallest absolute Gasteiger partial charge is 0.256 e. The van der Waals surface area contributed by atoms with Crippen molar-refractivity contribution in [3.63, 3.8) is 0 Å². The summed E-state index contributed by atoms with van der Waals surface area (Å²) >= 11 is 0. The third kappa shape index (κ3) is 2.53. The SMILES string of the molecule is Cc1ccc(C)c(-c2ccc(C(F)(F)F)cn2)c1. The minimum Gasteiger partial charge on any atom is -0.256 e. The van der Waals surface area contributed by atoms with Crippen molar-refractivity contribution in [3.05, 3.63) is 53.2 Å². The van der Waals surface area contributed by atoms with Crippen molar-refractivity contribution in [2.24, 2.45) is 0 Å². The maximum Gasteiger partial charge on any atom is 0.417 e. The van der Waals surface area contributed by atoms with Gasteiger partial charge in [-0.05, 0) is 37.6 Å². The highest BCUT2D eigenvalue weighted by Gasteiger charge is 2.30. The summed E-state index contributed by atoms with van der Waals surface area (Å²) in [5.74, 6) is 0. The molecule has 0 atom stereocenters. The summed E-state index contributed by atoms with van der Waals surface area (Å²) in [6.45, 7) is 3.85. The van der Waals surface area contributed by atoms with Gasteiger partial charge in [0.15, 0.2) is 0 Å². The molecule has 0 aliphatic carbocycles. The van der Waals surface area contributed by atoms with Gasteiger partial charge in [0.1, 0.15) is 0 Å². The average molecular weight is 251 g/mol. The fourth-order valence-corrected chi connectivity index (χ4v) is 1.73. The monoisotopic (exact) mass is 251 g/mol. The van der Waals surface area contributed by atoms with E-state index in [-0.39, 0.29) is 0 Å². The van der Waals surface area contributed by atoms with Crippen LogP contribution in [-0.2, 0) is 6.18 Å². The Morgan fingerprint density at radius 3 is 2.28 bits per heavy atom. The molecule has 1 aromatic heterocycles. The number of aryl methyl sites for hydroxylation is 2. The number of pyridine rings is 1. The molecule has 1 aromatic carbocycles. The van der Waals surface area contributed by atoms with Gasteiger partial charge >= 0.3 is 6.18 Å². The van der Waals surface area contributed by atoms with Crippen molar-refractivity contribution in [1.82, 2.24) is 4.98 Å². The van der Waals surface area contributed by atoms with Crippen molar-refractivity contribution < 1.29 is 13.2 Å². The van der Waals surface area contributed by atoms with Crippen molar-refractivity contribution in [2.75, 3.05) is 0 Å². The van der Waals surface area contributed by atoms with Crippen LogP contribution in [0.2, 0.25) is 0 Å². The molecule has 0 N–H and O–H groups in total. The number of hydrogen-bond acceptors (Lipinski definition) is 1. The maximum atomic E-state index is 12.4. The van der Waals surface area contributed by atoms with E-state index in [1.807, 2.05) is 32.0 Å². The molecule has 1 nitrogen and oxygen atoms in total. The van der Waals surface area contributed by atoms with Gasteiger partial charge in [0.2, 0.25) is 0 Å². The van der Waals surface area contributed by atoms with E-state index in [1.165, 1.54) is 6.07 Å². The molecular formula is C14H12F3N. The summed E-state index contributed by atoms with van der Waals surface area (Å²) in [5.41, 5.74) is 2.75. The second kappa shape index (κ2) is 4.44. The molecule has 0 saturated heterocycles. The number of benzene rings is 1. The molecule has 0 unspecified atom stereocenters. The maximum absolute atomic E-state index is 12.4. The summed E-state index contributed by atoms with van der Waals surface area (Å²) in [5, 5.41) is 0. The Morgan fingerprint density at radius 2 is 1.72 bits per heavy atom. The molecule has 2 rings (SSSR count). The standard InChI is InChI=1S/C14H12F3N/c1-9-3-4-10(2)12(7-9)13-6-5-11(8-18-13)14(15,16)17/h3-8H,1-2H3. The van der Waals surface area contributed by atoms with Gasteiger partial charge in [-0.15, -0.1) is 0 Å². The van der Waals surface area contributed by atoms with Crippen LogP contribution in [0.1, 0.15) is 16.7 Å². The lowest BCUT2D eigenvalue weighted by Crippen LogP contribution is -2.05. The largest absolute Gasteiger partial charge is 0.417 e. The molecule has 18 heavy (non-hydrogen) atoms. The number of nitrogens with zero attached hydrogens (tertiary/aromatic N) is 1. The van der Waals surface area contributed by atoms with E-state index in [0.717, 1.165) is 29.0 Å². The second-order valence-electron chi connectivity index (χ2n) is 4.25. The molecule has 0 saturated carbocycles. The van der Waals surface area contributed by atoms with E-state index >= 15 is 0 Å². The number of alkyl halides is 3. The van der Waals surface area contributed by atoms with Crippen LogP contribution in [0.15, 0.2) is 36.5 Å². The first kappa shape index (κ1) is 12.6. The first-order chi connectivity index (χ1) is 8.38. The Kier molecular flexibility index (Phi) is 3.11. The van der Waals surface area contributed by atoms with Crippen LogP contribution in [0.25, 0.3) is 11.3 Å². The lowest BCUT2D eigenvalue weighted by atomic mass is 10.0. The van der Waals surface area contributed by atoms with E-state index in [1.54, 1.807) is 0 Å². The van der Waals surface area contributed by atoms with Crippen molar-refractivity contribution >= 4 is 0 Å². The van der Waals surface area contributed by atoms with Gasteiger partial charge in [-0.1, -0.05) is 17.7 Å². The van der Waals surface area contributed by atoms with Crippen LogP contribution < -0.4 is 0 Å². The average Bonchev–Trinajstić information content (AvgIpc) is 2.31. The highest BCUT2D eigenvalue weighted by molar-refractivity contribution is 5.64. The topological polar surface area (TPSA) is 12.9 Å². The zero-order valence-corrected chi connectivity index (χ0v) is 10.0. The third-order valence-electron chi connectivity index (χ3n) is 2.76. The Bertz CT molecular complexity index is 556. The Balaban J connectivity index is 2.43. The zero-order chi connectivity index (χ0) is 13.3. The van der Waals surface area contributed by atoms with Gasteiger partial charge in [0.05, 0.1) is 11.3 Å². The van der Waals surface area contributed by atoms with E-state index in [2.05, 4.69) is 4.98 Å². The van der Waals surface area contributed by atoms with Crippen molar-refractivity contribution in [2.45, 2.75) is 20.0 Å².